The van der Waals surface area contributed by atoms with Gasteiger partial charge in [-0.05, 0) is 26.9 Å². The summed E-state index contributed by atoms with van der Waals surface area (Å²) in [7, 11) is 2.15. The third-order valence-electron chi connectivity index (χ3n) is 2.97. The molecule has 1 aliphatic heterocycles. The molecule has 1 aromatic rings. The lowest BCUT2D eigenvalue weighted by Crippen LogP contribution is -2.38. The topological polar surface area (TPSA) is 32.5 Å². The Morgan fingerprint density at radius 3 is 3.06 bits per heavy atom. The molecule has 2 rings (SSSR count). The fraction of sp³-hybridized carbons (Fsp3) is 0.727. The molecule has 16 heavy (non-hydrogen) atoms. The first-order chi connectivity index (χ1) is 7.70. The number of alkyl halides is 1. The standard InChI is InChI=1S/C11H18ClN3O/c1-9-7-14(2)4-3-5-15(9)11-13-10(6-12)8-16-11/h8-9H,3-7H2,1-2H3. The van der Waals surface area contributed by atoms with Gasteiger partial charge in [0.25, 0.3) is 6.01 Å². The average Bonchev–Trinajstić information content (AvgIpc) is 2.65. The largest absolute Gasteiger partial charge is 0.432 e. The maximum Gasteiger partial charge on any atom is 0.297 e. The van der Waals surface area contributed by atoms with E-state index < -0.39 is 0 Å². The maximum absolute atomic E-state index is 5.72. The summed E-state index contributed by atoms with van der Waals surface area (Å²) in [5, 5.41) is 0. The van der Waals surface area contributed by atoms with Crippen molar-refractivity contribution in [2.45, 2.75) is 25.3 Å². The highest BCUT2D eigenvalue weighted by Crippen LogP contribution is 2.20. The van der Waals surface area contributed by atoms with Crippen molar-refractivity contribution in [1.29, 1.82) is 0 Å². The third kappa shape index (κ3) is 2.50. The van der Waals surface area contributed by atoms with Gasteiger partial charge in [0.1, 0.15) is 6.26 Å². The molecule has 1 aliphatic rings. The predicted octanol–water partition coefficient (Wildman–Crippen LogP) is 1.94. The molecule has 1 fully saturated rings. The summed E-state index contributed by atoms with van der Waals surface area (Å²) < 4.78 is 5.47. The summed E-state index contributed by atoms with van der Waals surface area (Å²) in [6.45, 7) is 5.36. The summed E-state index contributed by atoms with van der Waals surface area (Å²) in [4.78, 5) is 8.94. The van der Waals surface area contributed by atoms with Gasteiger partial charge in [0.2, 0.25) is 0 Å². The number of hydrogen-bond acceptors (Lipinski definition) is 4. The van der Waals surface area contributed by atoms with Gasteiger partial charge in [0.15, 0.2) is 0 Å². The highest BCUT2D eigenvalue weighted by atomic mass is 35.5. The van der Waals surface area contributed by atoms with E-state index in [9.17, 15) is 0 Å². The highest BCUT2D eigenvalue weighted by molar-refractivity contribution is 6.16. The summed E-state index contributed by atoms with van der Waals surface area (Å²) >= 11 is 5.72. The Morgan fingerprint density at radius 2 is 2.38 bits per heavy atom. The molecule has 4 nitrogen and oxygen atoms in total. The fourth-order valence-corrected chi connectivity index (χ4v) is 2.27. The van der Waals surface area contributed by atoms with Crippen molar-refractivity contribution >= 4 is 17.6 Å². The van der Waals surface area contributed by atoms with Crippen LogP contribution in [0.2, 0.25) is 0 Å². The molecule has 2 heterocycles. The minimum Gasteiger partial charge on any atom is -0.432 e. The van der Waals surface area contributed by atoms with Gasteiger partial charge >= 0.3 is 0 Å². The molecule has 0 bridgehead atoms. The molecule has 0 radical (unpaired) electrons. The molecule has 5 heteroatoms. The van der Waals surface area contributed by atoms with Gasteiger partial charge in [-0.25, -0.2) is 0 Å². The van der Waals surface area contributed by atoms with Crippen LogP contribution in [0.5, 0.6) is 0 Å². The Bertz CT molecular complexity index is 342. The molecule has 90 valence electrons. The number of rotatable bonds is 2. The van der Waals surface area contributed by atoms with E-state index in [0.717, 1.165) is 31.7 Å². The smallest absolute Gasteiger partial charge is 0.297 e. The van der Waals surface area contributed by atoms with E-state index >= 15 is 0 Å². The van der Waals surface area contributed by atoms with Crippen LogP contribution in [0.4, 0.5) is 6.01 Å². The van der Waals surface area contributed by atoms with Crippen molar-refractivity contribution in [3.8, 4) is 0 Å². The molecule has 1 unspecified atom stereocenters. The van der Waals surface area contributed by atoms with Gasteiger partial charge in [-0.2, -0.15) is 4.98 Å². The summed E-state index contributed by atoms with van der Waals surface area (Å²) in [6.07, 6.45) is 2.78. The average molecular weight is 244 g/mol. The number of hydrogen-bond donors (Lipinski definition) is 0. The number of likely N-dealkylation sites (N-methyl/N-ethyl adjacent to an activating group) is 1. The molecular weight excluding hydrogens is 226 g/mol. The lowest BCUT2D eigenvalue weighted by molar-refractivity contribution is 0.335. The van der Waals surface area contributed by atoms with Crippen LogP contribution in [0.15, 0.2) is 10.7 Å². The first-order valence-corrected chi connectivity index (χ1v) is 6.19. The van der Waals surface area contributed by atoms with E-state index in [1.54, 1.807) is 6.26 Å². The summed E-state index contributed by atoms with van der Waals surface area (Å²) in [5.74, 6) is 0.408. The minimum atomic E-state index is 0.408. The molecule has 0 saturated carbocycles. The van der Waals surface area contributed by atoms with Crippen LogP contribution in [0.1, 0.15) is 19.0 Å². The van der Waals surface area contributed by atoms with Crippen molar-refractivity contribution in [1.82, 2.24) is 9.88 Å². The van der Waals surface area contributed by atoms with Gasteiger partial charge in [-0.15, -0.1) is 11.6 Å². The van der Waals surface area contributed by atoms with Crippen LogP contribution >= 0.6 is 11.6 Å². The summed E-state index contributed by atoms with van der Waals surface area (Å²) in [5.41, 5.74) is 0.807. The molecule has 0 spiro atoms. The second kappa shape index (κ2) is 5.06. The van der Waals surface area contributed by atoms with Gasteiger partial charge in [-0.3, -0.25) is 0 Å². The molecule has 0 aromatic carbocycles. The van der Waals surface area contributed by atoms with E-state index in [4.69, 9.17) is 16.0 Å². The Morgan fingerprint density at radius 1 is 1.56 bits per heavy atom. The SMILES string of the molecule is CC1CN(C)CCCN1c1nc(CCl)co1. The van der Waals surface area contributed by atoms with Gasteiger partial charge in [-0.1, -0.05) is 0 Å². The fourth-order valence-electron chi connectivity index (χ4n) is 2.15. The Kier molecular flexibility index (Phi) is 3.71. The van der Waals surface area contributed by atoms with E-state index in [0.29, 0.717) is 17.9 Å². The normalized spacial score (nSPS) is 23.4. The lowest BCUT2D eigenvalue weighted by Gasteiger charge is -2.26. The Balaban J connectivity index is 2.12. The molecule has 1 saturated heterocycles. The van der Waals surface area contributed by atoms with Crippen LogP contribution in [-0.4, -0.2) is 42.6 Å². The number of halogens is 1. The molecular formula is C11H18ClN3O. The van der Waals surface area contributed by atoms with Crippen LogP contribution in [0, 0.1) is 0 Å². The first kappa shape index (κ1) is 11.7. The predicted molar refractivity (Wildman–Crippen MR) is 65.0 cm³/mol. The molecule has 0 amide bonds. The van der Waals surface area contributed by atoms with E-state index in [1.807, 2.05) is 0 Å². The molecule has 1 aromatic heterocycles. The van der Waals surface area contributed by atoms with Crippen molar-refractivity contribution < 1.29 is 4.42 Å². The number of anilines is 1. The molecule has 0 aliphatic carbocycles. The molecule has 0 N–H and O–H groups in total. The molecule has 1 atom stereocenters. The Labute approximate surface area is 101 Å². The number of oxazole rings is 1. The first-order valence-electron chi connectivity index (χ1n) is 5.66. The van der Waals surface area contributed by atoms with E-state index in [1.165, 1.54) is 0 Å². The van der Waals surface area contributed by atoms with Crippen molar-refractivity contribution in [3.05, 3.63) is 12.0 Å². The van der Waals surface area contributed by atoms with Crippen LogP contribution < -0.4 is 4.90 Å². The van der Waals surface area contributed by atoms with E-state index in [-0.39, 0.29) is 0 Å². The minimum absolute atomic E-state index is 0.408. The van der Waals surface area contributed by atoms with Crippen molar-refractivity contribution in [2.24, 2.45) is 0 Å². The Hall–Kier alpha value is -0.740. The van der Waals surface area contributed by atoms with Crippen LogP contribution in [0.25, 0.3) is 0 Å². The van der Waals surface area contributed by atoms with Gasteiger partial charge in [0.05, 0.1) is 11.6 Å². The second-order valence-corrected chi connectivity index (χ2v) is 4.68. The van der Waals surface area contributed by atoms with Gasteiger partial charge < -0.3 is 14.2 Å². The lowest BCUT2D eigenvalue weighted by atomic mass is 10.3. The zero-order chi connectivity index (χ0) is 11.5. The quantitative estimate of drug-likeness (QED) is 0.744. The highest BCUT2D eigenvalue weighted by Gasteiger charge is 2.23. The number of nitrogens with zero attached hydrogens (tertiary/aromatic N) is 3. The van der Waals surface area contributed by atoms with Crippen LogP contribution in [0.3, 0.4) is 0 Å². The second-order valence-electron chi connectivity index (χ2n) is 4.41. The number of aromatic nitrogens is 1. The maximum atomic E-state index is 5.72. The zero-order valence-electron chi connectivity index (χ0n) is 9.82. The monoisotopic (exact) mass is 243 g/mol. The third-order valence-corrected chi connectivity index (χ3v) is 3.24. The van der Waals surface area contributed by atoms with E-state index in [2.05, 4.69) is 28.8 Å². The van der Waals surface area contributed by atoms with Crippen LogP contribution in [-0.2, 0) is 5.88 Å². The summed E-state index contributed by atoms with van der Waals surface area (Å²) in [6, 6.07) is 1.13. The van der Waals surface area contributed by atoms with Crippen molar-refractivity contribution in [2.75, 3.05) is 31.6 Å². The van der Waals surface area contributed by atoms with Crippen molar-refractivity contribution in [3.63, 3.8) is 0 Å². The van der Waals surface area contributed by atoms with Gasteiger partial charge in [0, 0.05) is 19.1 Å². The zero-order valence-corrected chi connectivity index (χ0v) is 10.6.